The van der Waals surface area contributed by atoms with Crippen molar-refractivity contribution >= 4 is 11.9 Å². The van der Waals surface area contributed by atoms with Crippen molar-refractivity contribution in [2.45, 2.75) is 25.9 Å². The number of carbonyl (C=O) groups is 2. The molecule has 25 heavy (non-hydrogen) atoms. The number of aryl methyl sites for hydroxylation is 1. The van der Waals surface area contributed by atoms with Crippen LogP contribution in [0.1, 0.15) is 28.9 Å². The number of benzene rings is 1. The summed E-state index contributed by atoms with van der Waals surface area (Å²) >= 11 is 0. The van der Waals surface area contributed by atoms with Crippen LogP contribution in [-0.2, 0) is 0 Å². The van der Waals surface area contributed by atoms with Gasteiger partial charge in [0.2, 0.25) is 0 Å². The minimum atomic E-state index is -0.483. The number of piperidine rings is 1. The smallest absolute Gasteiger partial charge is 0.324 e. The first kappa shape index (κ1) is 17.0. The summed E-state index contributed by atoms with van der Waals surface area (Å²) in [6, 6.07) is 12.6. The second kappa shape index (κ2) is 7.79. The van der Waals surface area contributed by atoms with Crippen LogP contribution in [0.25, 0.3) is 0 Å². The number of rotatable bonds is 3. The minimum absolute atomic E-state index is 0.0817. The molecule has 3 rings (SSSR count). The van der Waals surface area contributed by atoms with Crippen molar-refractivity contribution in [2.24, 2.45) is 0 Å². The van der Waals surface area contributed by atoms with E-state index in [4.69, 9.17) is 4.74 Å². The molecule has 6 heteroatoms. The van der Waals surface area contributed by atoms with Crippen LogP contribution < -0.4 is 10.1 Å². The van der Waals surface area contributed by atoms with Gasteiger partial charge in [0.15, 0.2) is 0 Å². The SMILES string of the molecule is Cc1ccc(OC2CCN(C(=O)NC(=O)c3ccccn3)CC2)cc1. The second-order valence-electron chi connectivity index (χ2n) is 6.09. The molecule has 1 N–H and O–H groups in total. The molecule has 0 unspecified atom stereocenters. The first-order valence-electron chi connectivity index (χ1n) is 8.36. The van der Waals surface area contributed by atoms with E-state index in [0.717, 1.165) is 18.6 Å². The highest BCUT2D eigenvalue weighted by Gasteiger charge is 2.25. The van der Waals surface area contributed by atoms with Crippen molar-refractivity contribution in [1.82, 2.24) is 15.2 Å². The Morgan fingerprint density at radius 1 is 1.12 bits per heavy atom. The van der Waals surface area contributed by atoms with Crippen molar-refractivity contribution in [3.05, 3.63) is 59.9 Å². The van der Waals surface area contributed by atoms with Crippen LogP contribution >= 0.6 is 0 Å². The van der Waals surface area contributed by atoms with Crippen molar-refractivity contribution in [2.75, 3.05) is 13.1 Å². The number of amides is 3. The van der Waals surface area contributed by atoms with Gasteiger partial charge in [-0.3, -0.25) is 15.1 Å². The zero-order valence-electron chi connectivity index (χ0n) is 14.1. The van der Waals surface area contributed by atoms with Gasteiger partial charge in [-0.1, -0.05) is 23.8 Å². The minimum Gasteiger partial charge on any atom is -0.490 e. The standard InChI is InChI=1S/C19H21N3O3/c1-14-5-7-15(8-6-14)25-16-9-12-22(13-10-16)19(24)21-18(23)17-4-2-3-11-20-17/h2-8,11,16H,9-10,12-13H2,1H3,(H,21,23,24). The molecule has 2 aromatic rings. The molecule has 1 saturated heterocycles. The van der Waals surface area contributed by atoms with Crippen LogP contribution in [0.3, 0.4) is 0 Å². The van der Waals surface area contributed by atoms with E-state index in [-0.39, 0.29) is 17.8 Å². The summed E-state index contributed by atoms with van der Waals surface area (Å²) in [4.78, 5) is 29.8. The van der Waals surface area contributed by atoms with Crippen molar-refractivity contribution in [3.63, 3.8) is 0 Å². The molecule has 0 saturated carbocycles. The van der Waals surface area contributed by atoms with Gasteiger partial charge in [-0.25, -0.2) is 4.79 Å². The highest BCUT2D eigenvalue weighted by Crippen LogP contribution is 2.19. The maximum absolute atomic E-state index is 12.2. The fraction of sp³-hybridized carbons (Fsp3) is 0.316. The predicted molar refractivity (Wildman–Crippen MR) is 93.5 cm³/mol. The van der Waals surface area contributed by atoms with Gasteiger partial charge in [-0.05, 0) is 31.2 Å². The Hall–Kier alpha value is -2.89. The van der Waals surface area contributed by atoms with E-state index >= 15 is 0 Å². The molecular formula is C19H21N3O3. The molecule has 130 valence electrons. The zero-order chi connectivity index (χ0) is 17.6. The number of pyridine rings is 1. The maximum atomic E-state index is 12.2. The summed E-state index contributed by atoms with van der Waals surface area (Å²) in [6.07, 6.45) is 3.07. The highest BCUT2D eigenvalue weighted by atomic mass is 16.5. The molecule has 3 amide bonds. The molecule has 0 atom stereocenters. The highest BCUT2D eigenvalue weighted by molar-refractivity contribution is 6.03. The summed E-state index contributed by atoms with van der Waals surface area (Å²) in [5.41, 5.74) is 1.42. The molecule has 1 aromatic carbocycles. The Morgan fingerprint density at radius 2 is 1.84 bits per heavy atom. The van der Waals surface area contributed by atoms with E-state index in [9.17, 15) is 9.59 Å². The van der Waals surface area contributed by atoms with Gasteiger partial charge in [0, 0.05) is 32.1 Å². The Labute approximate surface area is 146 Å². The lowest BCUT2D eigenvalue weighted by Crippen LogP contribution is -2.48. The first-order chi connectivity index (χ1) is 12.1. The number of nitrogens with zero attached hydrogens (tertiary/aromatic N) is 2. The molecule has 1 aliphatic heterocycles. The van der Waals surface area contributed by atoms with Gasteiger partial charge >= 0.3 is 6.03 Å². The zero-order valence-corrected chi connectivity index (χ0v) is 14.1. The molecule has 0 radical (unpaired) electrons. The fourth-order valence-electron chi connectivity index (χ4n) is 2.72. The normalized spacial score (nSPS) is 14.8. The van der Waals surface area contributed by atoms with Crippen LogP contribution in [0.5, 0.6) is 5.75 Å². The number of imide groups is 1. The molecule has 0 bridgehead atoms. The summed E-state index contributed by atoms with van der Waals surface area (Å²) < 4.78 is 5.95. The number of aromatic nitrogens is 1. The number of nitrogens with one attached hydrogen (secondary N) is 1. The van der Waals surface area contributed by atoms with E-state index in [1.807, 2.05) is 31.2 Å². The van der Waals surface area contributed by atoms with Gasteiger partial charge in [-0.15, -0.1) is 0 Å². The number of ether oxygens (including phenoxy) is 1. The average Bonchev–Trinajstić information content (AvgIpc) is 2.65. The third-order valence-corrected chi connectivity index (χ3v) is 4.17. The van der Waals surface area contributed by atoms with Gasteiger partial charge in [0.25, 0.3) is 5.91 Å². The lowest BCUT2D eigenvalue weighted by molar-refractivity contribution is 0.0912. The van der Waals surface area contributed by atoms with Gasteiger partial charge in [0.1, 0.15) is 17.5 Å². The van der Waals surface area contributed by atoms with Crippen molar-refractivity contribution < 1.29 is 14.3 Å². The largest absolute Gasteiger partial charge is 0.490 e. The van der Waals surface area contributed by atoms with Crippen LogP contribution in [0, 0.1) is 6.92 Å². The van der Waals surface area contributed by atoms with Gasteiger partial charge in [-0.2, -0.15) is 0 Å². The van der Waals surface area contributed by atoms with E-state index in [1.165, 1.54) is 11.8 Å². The molecular weight excluding hydrogens is 318 g/mol. The van der Waals surface area contributed by atoms with E-state index in [2.05, 4.69) is 10.3 Å². The lowest BCUT2D eigenvalue weighted by atomic mass is 10.1. The molecule has 1 fully saturated rings. The number of urea groups is 1. The van der Waals surface area contributed by atoms with Crippen LogP contribution in [0.15, 0.2) is 48.7 Å². The van der Waals surface area contributed by atoms with Crippen molar-refractivity contribution in [3.8, 4) is 5.75 Å². The number of hydrogen-bond acceptors (Lipinski definition) is 4. The van der Waals surface area contributed by atoms with Gasteiger partial charge < -0.3 is 9.64 Å². The Balaban J connectivity index is 1.47. The average molecular weight is 339 g/mol. The van der Waals surface area contributed by atoms with E-state index in [0.29, 0.717) is 13.1 Å². The predicted octanol–water partition coefficient (Wildman–Crippen LogP) is 2.78. The summed E-state index contributed by atoms with van der Waals surface area (Å²) in [6.45, 7) is 3.14. The third kappa shape index (κ3) is 4.56. The van der Waals surface area contributed by atoms with Crippen molar-refractivity contribution in [1.29, 1.82) is 0 Å². The summed E-state index contributed by atoms with van der Waals surface area (Å²) in [5, 5.41) is 2.38. The summed E-state index contributed by atoms with van der Waals surface area (Å²) in [7, 11) is 0. The quantitative estimate of drug-likeness (QED) is 0.933. The second-order valence-corrected chi connectivity index (χ2v) is 6.09. The number of carbonyl (C=O) groups excluding carboxylic acids is 2. The molecule has 0 aliphatic carbocycles. The molecule has 0 spiro atoms. The lowest BCUT2D eigenvalue weighted by Gasteiger charge is -2.32. The van der Waals surface area contributed by atoms with Gasteiger partial charge in [0.05, 0.1) is 0 Å². The third-order valence-electron chi connectivity index (χ3n) is 4.17. The van der Waals surface area contributed by atoms with Crippen LogP contribution in [-0.4, -0.2) is 41.0 Å². The number of likely N-dealkylation sites (tertiary alicyclic amines) is 1. The fourth-order valence-corrected chi connectivity index (χ4v) is 2.72. The number of hydrogen-bond donors (Lipinski definition) is 1. The maximum Gasteiger partial charge on any atom is 0.324 e. The molecule has 1 aromatic heterocycles. The Kier molecular flexibility index (Phi) is 5.28. The first-order valence-corrected chi connectivity index (χ1v) is 8.36. The summed E-state index contributed by atoms with van der Waals surface area (Å²) in [5.74, 6) is 0.363. The molecule has 2 heterocycles. The van der Waals surface area contributed by atoms with Crippen LogP contribution in [0.4, 0.5) is 4.79 Å². The van der Waals surface area contributed by atoms with Crippen LogP contribution in [0.2, 0.25) is 0 Å². The Bertz CT molecular complexity index is 723. The Morgan fingerprint density at radius 3 is 2.48 bits per heavy atom. The monoisotopic (exact) mass is 339 g/mol. The van der Waals surface area contributed by atoms with E-state index in [1.54, 1.807) is 23.1 Å². The topological polar surface area (TPSA) is 71.5 Å². The molecule has 1 aliphatic rings. The van der Waals surface area contributed by atoms with E-state index < -0.39 is 5.91 Å². The molecule has 6 nitrogen and oxygen atoms in total.